The summed E-state index contributed by atoms with van der Waals surface area (Å²) in [5.41, 5.74) is 18.5. The lowest BCUT2D eigenvalue weighted by atomic mass is 9.81. The Bertz CT molecular complexity index is 2910. The van der Waals surface area contributed by atoms with Crippen LogP contribution in [0.25, 0.3) is 99.1 Å². The van der Waals surface area contributed by atoms with Gasteiger partial charge in [0.25, 0.3) is 0 Å². The van der Waals surface area contributed by atoms with Crippen LogP contribution in [0.1, 0.15) is 25.0 Å². The molecule has 0 saturated carbocycles. The van der Waals surface area contributed by atoms with Gasteiger partial charge in [0, 0.05) is 5.41 Å². The Morgan fingerprint density at radius 3 is 1.59 bits per heavy atom. The van der Waals surface area contributed by atoms with Gasteiger partial charge in [-0.25, -0.2) is 0 Å². The van der Waals surface area contributed by atoms with E-state index in [1.165, 1.54) is 110 Å². The van der Waals surface area contributed by atoms with E-state index in [-0.39, 0.29) is 5.41 Å². The third-order valence-electron chi connectivity index (χ3n) is 11.8. The van der Waals surface area contributed by atoms with Crippen LogP contribution in [0.2, 0.25) is 0 Å². The Hall–Kier alpha value is -6.24. The summed E-state index contributed by atoms with van der Waals surface area (Å²) in [6.07, 6.45) is 0. The van der Waals surface area contributed by atoms with Crippen molar-refractivity contribution in [3.8, 4) is 66.8 Å². The highest BCUT2D eigenvalue weighted by Crippen LogP contribution is 2.51. The Kier molecular flexibility index (Phi) is 5.82. The van der Waals surface area contributed by atoms with Crippen molar-refractivity contribution in [2.75, 3.05) is 0 Å². The van der Waals surface area contributed by atoms with Gasteiger partial charge in [0.15, 0.2) is 0 Å². The van der Waals surface area contributed by atoms with Crippen LogP contribution < -0.4 is 0 Å². The summed E-state index contributed by atoms with van der Waals surface area (Å²) in [5, 5.41) is 7.75. The van der Waals surface area contributed by atoms with Gasteiger partial charge in [-0.15, -0.1) is 0 Å². The fourth-order valence-corrected chi connectivity index (χ4v) is 9.31. The molecule has 11 rings (SSSR count). The van der Waals surface area contributed by atoms with E-state index in [1.807, 2.05) is 0 Å². The van der Waals surface area contributed by atoms with Crippen LogP contribution in [-0.4, -0.2) is 0 Å². The van der Waals surface area contributed by atoms with E-state index < -0.39 is 0 Å². The van der Waals surface area contributed by atoms with Crippen molar-refractivity contribution < 1.29 is 0 Å². The highest BCUT2D eigenvalue weighted by atomic mass is 14.4. The van der Waals surface area contributed by atoms with Crippen molar-refractivity contribution in [3.63, 3.8) is 0 Å². The Morgan fingerprint density at radius 1 is 0.294 bits per heavy atom. The zero-order valence-electron chi connectivity index (χ0n) is 28.7. The van der Waals surface area contributed by atoms with Crippen molar-refractivity contribution >= 4 is 32.3 Å². The lowest BCUT2D eigenvalue weighted by Crippen LogP contribution is -2.14. The molecule has 0 aliphatic heterocycles. The SMILES string of the molecule is CC1(C)c2ccccc2-c2ccc(-c3ccc4ccc(-c5ccc(-c6ccc7c8c(cccc68)-c6ccccc6-7)c6ccccc56)cc4c3)cc21. The highest BCUT2D eigenvalue weighted by molar-refractivity contribution is 6.20. The van der Waals surface area contributed by atoms with E-state index in [2.05, 4.69) is 184 Å². The van der Waals surface area contributed by atoms with E-state index in [0.29, 0.717) is 0 Å². The fourth-order valence-electron chi connectivity index (χ4n) is 9.31. The first-order chi connectivity index (χ1) is 25.0. The molecule has 0 atom stereocenters. The Labute approximate surface area is 298 Å². The monoisotopic (exact) mass is 646 g/mol. The molecule has 0 heteroatoms. The third-order valence-corrected chi connectivity index (χ3v) is 11.8. The minimum absolute atomic E-state index is 0.0169. The summed E-state index contributed by atoms with van der Waals surface area (Å²) in [6.45, 7) is 4.71. The van der Waals surface area contributed by atoms with Gasteiger partial charge in [-0.3, -0.25) is 0 Å². The topological polar surface area (TPSA) is 0 Å². The molecule has 0 amide bonds. The van der Waals surface area contributed by atoms with Crippen molar-refractivity contribution in [1.29, 1.82) is 0 Å². The molecule has 0 aromatic heterocycles. The van der Waals surface area contributed by atoms with Crippen LogP contribution in [0.15, 0.2) is 170 Å². The molecule has 2 aliphatic rings. The minimum atomic E-state index is -0.0169. The van der Waals surface area contributed by atoms with Crippen LogP contribution in [0.5, 0.6) is 0 Å². The smallest absolute Gasteiger partial charge is 0.0159 e. The summed E-state index contributed by atoms with van der Waals surface area (Å²) < 4.78 is 0. The maximum Gasteiger partial charge on any atom is 0.0159 e. The van der Waals surface area contributed by atoms with Crippen molar-refractivity contribution in [2.24, 2.45) is 0 Å². The van der Waals surface area contributed by atoms with E-state index in [9.17, 15) is 0 Å². The van der Waals surface area contributed by atoms with Crippen LogP contribution in [0, 0.1) is 0 Å². The predicted octanol–water partition coefficient (Wildman–Crippen LogP) is 14.1. The summed E-state index contributed by atoms with van der Waals surface area (Å²) in [4.78, 5) is 0. The maximum absolute atomic E-state index is 2.42. The van der Waals surface area contributed by atoms with Gasteiger partial charge >= 0.3 is 0 Å². The summed E-state index contributed by atoms with van der Waals surface area (Å²) in [6, 6.07) is 63.7. The molecule has 0 unspecified atom stereocenters. The number of rotatable bonds is 3. The first-order valence-corrected chi connectivity index (χ1v) is 18.0. The molecular weight excluding hydrogens is 613 g/mol. The summed E-state index contributed by atoms with van der Waals surface area (Å²) in [7, 11) is 0. The maximum atomic E-state index is 2.42. The molecule has 0 bridgehead atoms. The molecule has 0 spiro atoms. The van der Waals surface area contributed by atoms with Crippen molar-refractivity contribution in [3.05, 3.63) is 181 Å². The molecule has 0 fully saturated rings. The molecule has 0 saturated heterocycles. The normalized spacial score (nSPS) is 13.5. The van der Waals surface area contributed by atoms with Crippen LogP contribution in [0.4, 0.5) is 0 Å². The quantitative estimate of drug-likeness (QED) is 0.179. The van der Waals surface area contributed by atoms with Gasteiger partial charge in [0.1, 0.15) is 0 Å². The van der Waals surface area contributed by atoms with Gasteiger partial charge in [-0.2, -0.15) is 0 Å². The van der Waals surface area contributed by atoms with Crippen LogP contribution >= 0.6 is 0 Å². The second-order valence-electron chi connectivity index (χ2n) is 14.8. The average Bonchev–Trinajstić information content (AvgIpc) is 3.63. The highest BCUT2D eigenvalue weighted by Gasteiger charge is 2.35. The van der Waals surface area contributed by atoms with Crippen molar-refractivity contribution in [2.45, 2.75) is 19.3 Å². The van der Waals surface area contributed by atoms with Crippen LogP contribution in [0.3, 0.4) is 0 Å². The number of benzene rings is 9. The second-order valence-corrected chi connectivity index (χ2v) is 14.8. The molecule has 0 heterocycles. The zero-order valence-corrected chi connectivity index (χ0v) is 28.7. The largest absolute Gasteiger partial charge is 0.0619 e. The molecule has 0 nitrogen and oxygen atoms in total. The lowest BCUT2D eigenvalue weighted by molar-refractivity contribution is 0.660. The van der Waals surface area contributed by atoms with Gasteiger partial charge in [0.2, 0.25) is 0 Å². The number of fused-ring (bicyclic) bond motifs is 8. The molecule has 51 heavy (non-hydrogen) atoms. The van der Waals surface area contributed by atoms with Gasteiger partial charge in [0.05, 0.1) is 0 Å². The van der Waals surface area contributed by atoms with E-state index in [1.54, 1.807) is 0 Å². The van der Waals surface area contributed by atoms with Crippen molar-refractivity contribution in [1.82, 2.24) is 0 Å². The minimum Gasteiger partial charge on any atom is -0.0619 e. The lowest BCUT2D eigenvalue weighted by Gasteiger charge is -2.22. The second kappa shape index (κ2) is 10.4. The van der Waals surface area contributed by atoms with Gasteiger partial charge in [-0.05, 0) is 128 Å². The first kappa shape index (κ1) is 28.6. The number of hydrogen-bond acceptors (Lipinski definition) is 0. The Morgan fingerprint density at radius 2 is 0.784 bits per heavy atom. The molecule has 0 radical (unpaired) electrons. The molecule has 238 valence electrons. The van der Waals surface area contributed by atoms with Gasteiger partial charge < -0.3 is 0 Å². The summed E-state index contributed by atoms with van der Waals surface area (Å²) in [5.74, 6) is 0. The number of hydrogen-bond donors (Lipinski definition) is 0. The Balaban J connectivity index is 1.02. The zero-order chi connectivity index (χ0) is 33.8. The van der Waals surface area contributed by atoms with Gasteiger partial charge in [-0.1, -0.05) is 166 Å². The first-order valence-electron chi connectivity index (χ1n) is 18.0. The average molecular weight is 647 g/mol. The van der Waals surface area contributed by atoms with E-state index in [0.717, 1.165) is 0 Å². The van der Waals surface area contributed by atoms with Crippen LogP contribution in [-0.2, 0) is 5.41 Å². The molecule has 9 aromatic carbocycles. The molecule has 2 aliphatic carbocycles. The molecule has 0 N–H and O–H groups in total. The summed E-state index contributed by atoms with van der Waals surface area (Å²) >= 11 is 0. The third kappa shape index (κ3) is 4.02. The molecule has 9 aromatic rings. The molecular formula is C51H34. The van der Waals surface area contributed by atoms with E-state index in [4.69, 9.17) is 0 Å². The van der Waals surface area contributed by atoms with E-state index >= 15 is 0 Å². The fraction of sp³-hybridized carbons (Fsp3) is 0.0588. The standard InChI is InChI=1S/C51H34/c1-51(2)48-17-8-7-14-43(48)44-23-22-33(30-49(44)51)32-20-18-31-19-21-34(29-35(31)28-32)36-24-25-41(38-11-4-3-10-37(36)38)42-26-27-47-40-13-6-5-12-39(40)45-15-9-16-46(42)50(45)47/h3-30H,1-2H3. The predicted molar refractivity (Wildman–Crippen MR) is 217 cm³/mol.